The van der Waals surface area contributed by atoms with E-state index in [2.05, 4.69) is 23.5 Å². The Labute approximate surface area is 182 Å². The molecule has 1 saturated carbocycles. The maximum absolute atomic E-state index is 12.3. The molecule has 0 spiro atoms. The van der Waals surface area contributed by atoms with E-state index in [4.69, 9.17) is 9.15 Å². The number of benzene rings is 2. The maximum atomic E-state index is 12.3. The van der Waals surface area contributed by atoms with Crippen molar-refractivity contribution in [3.63, 3.8) is 0 Å². The first-order valence-corrected chi connectivity index (χ1v) is 11.6. The van der Waals surface area contributed by atoms with Crippen LogP contribution < -0.4 is 10.1 Å². The highest BCUT2D eigenvalue weighted by molar-refractivity contribution is 6.04. The first-order chi connectivity index (χ1) is 15.2. The van der Waals surface area contributed by atoms with Gasteiger partial charge in [-0.15, -0.1) is 0 Å². The van der Waals surface area contributed by atoms with Crippen LogP contribution in [0.5, 0.6) is 5.75 Å². The second kappa shape index (κ2) is 8.74. The summed E-state index contributed by atoms with van der Waals surface area (Å²) in [5.74, 6) is 0.963. The molecule has 3 aromatic rings. The number of furan rings is 1. The zero-order valence-electron chi connectivity index (χ0n) is 17.8. The summed E-state index contributed by atoms with van der Waals surface area (Å²) >= 11 is 0. The van der Waals surface area contributed by atoms with Crippen LogP contribution in [0.1, 0.15) is 69.3 Å². The van der Waals surface area contributed by atoms with E-state index in [0.29, 0.717) is 12.8 Å². The molecule has 1 saturated heterocycles. The van der Waals surface area contributed by atoms with Crippen LogP contribution in [0.25, 0.3) is 21.7 Å². The lowest BCUT2D eigenvalue weighted by atomic mass is 9.86. The van der Waals surface area contributed by atoms with Crippen molar-refractivity contribution in [3.8, 4) is 5.75 Å². The van der Waals surface area contributed by atoms with E-state index in [9.17, 15) is 9.59 Å². The van der Waals surface area contributed by atoms with Gasteiger partial charge in [-0.2, -0.15) is 0 Å². The van der Waals surface area contributed by atoms with Crippen molar-refractivity contribution in [1.29, 1.82) is 0 Å². The predicted molar refractivity (Wildman–Crippen MR) is 120 cm³/mol. The van der Waals surface area contributed by atoms with E-state index in [1.807, 2.05) is 12.1 Å². The quantitative estimate of drug-likeness (QED) is 0.402. The van der Waals surface area contributed by atoms with Gasteiger partial charge in [0.05, 0.1) is 18.8 Å². The highest BCUT2D eigenvalue weighted by Gasteiger charge is 2.30. The zero-order chi connectivity index (χ0) is 21.2. The van der Waals surface area contributed by atoms with Gasteiger partial charge in [0.15, 0.2) is 0 Å². The molecule has 1 aliphatic carbocycles. The lowest BCUT2D eigenvalue weighted by Gasteiger charge is -2.21. The highest BCUT2D eigenvalue weighted by atomic mass is 16.5. The summed E-state index contributed by atoms with van der Waals surface area (Å²) in [6.07, 6.45) is 11.8. The normalized spacial score (nSPS) is 20.3. The summed E-state index contributed by atoms with van der Waals surface area (Å²) in [4.78, 5) is 23.8. The van der Waals surface area contributed by atoms with Crippen LogP contribution in [0, 0.1) is 5.92 Å². The van der Waals surface area contributed by atoms with Crippen molar-refractivity contribution >= 4 is 33.6 Å². The van der Waals surface area contributed by atoms with Gasteiger partial charge in [0.2, 0.25) is 11.8 Å². The highest BCUT2D eigenvalue weighted by Crippen LogP contribution is 2.35. The molecule has 162 valence electrons. The molecule has 5 nitrogen and oxygen atoms in total. The van der Waals surface area contributed by atoms with E-state index in [1.165, 1.54) is 38.5 Å². The average Bonchev–Trinajstić information content (AvgIpc) is 3.18. The minimum atomic E-state index is -0.351. The van der Waals surface area contributed by atoms with Crippen molar-refractivity contribution in [3.05, 3.63) is 42.2 Å². The molecule has 2 fully saturated rings. The molecule has 2 heterocycles. The third-order valence-electron chi connectivity index (χ3n) is 6.90. The van der Waals surface area contributed by atoms with Crippen LogP contribution in [-0.2, 0) is 9.59 Å². The van der Waals surface area contributed by atoms with Crippen molar-refractivity contribution in [2.24, 2.45) is 5.92 Å². The number of ether oxygens (including phenoxy) is 1. The second-order valence-corrected chi connectivity index (χ2v) is 9.05. The zero-order valence-corrected chi connectivity index (χ0v) is 17.8. The number of amides is 2. The molecule has 2 amide bonds. The van der Waals surface area contributed by atoms with Crippen LogP contribution in [0.3, 0.4) is 0 Å². The van der Waals surface area contributed by atoms with Gasteiger partial charge < -0.3 is 9.15 Å². The number of rotatable bonds is 6. The van der Waals surface area contributed by atoms with E-state index >= 15 is 0 Å². The summed E-state index contributed by atoms with van der Waals surface area (Å²) < 4.78 is 11.8. The SMILES string of the molecule is O=C1CCC(c2coc3cc4ccc(OCCCC5CCCCC5)cc4cc23)C(=O)N1. The number of nitrogens with one attached hydrogen (secondary N) is 1. The molecular weight excluding hydrogens is 390 g/mol. The molecular formula is C26H29NO4. The topological polar surface area (TPSA) is 68.5 Å². The number of imide groups is 1. The number of carbonyl (C=O) groups excluding carboxylic acids is 2. The molecule has 5 rings (SSSR count). The van der Waals surface area contributed by atoms with Gasteiger partial charge in [-0.05, 0) is 60.2 Å². The fraction of sp³-hybridized carbons (Fsp3) is 0.462. The summed E-state index contributed by atoms with van der Waals surface area (Å²) in [5, 5.41) is 5.51. The summed E-state index contributed by atoms with van der Waals surface area (Å²) in [5.41, 5.74) is 1.61. The maximum Gasteiger partial charge on any atom is 0.234 e. The van der Waals surface area contributed by atoms with Crippen LogP contribution in [0.4, 0.5) is 0 Å². The van der Waals surface area contributed by atoms with E-state index in [0.717, 1.165) is 52.0 Å². The van der Waals surface area contributed by atoms with Gasteiger partial charge in [-0.25, -0.2) is 0 Å². The molecule has 0 bridgehead atoms. The minimum Gasteiger partial charge on any atom is -0.494 e. The molecule has 5 heteroatoms. The Morgan fingerprint density at radius 2 is 1.87 bits per heavy atom. The molecule has 2 aliphatic rings. The standard InChI is InChI=1S/C26H29NO4/c28-25-11-10-21(26(29)27-25)23-16-31-24-15-18-8-9-20(13-19(18)14-22(23)24)30-12-4-7-17-5-2-1-3-6-17/h8-9,13-17,21H,1-7,10-12H2,(H,27,28,29). The fourth-order valence-electron chi connectivity index (χ4n) is 5.16. The monoisotopic (exact) mass is 419 g/mol. The Morgan fingerprint density at radius 1 is 1.00 bits per heavy atom. The largest absolute Gasteiger partial charge is 0.494 e. The van der Waals surface area contributed by atoms with E-state index < -0.39 is 0 Å². The van der Waals surface area contributed by atoms with Gasteiger partial charge >= 0.3 is 0 Å². The van der Waals surface area contributed by atoms with Gasteiger partial charge in [0.25, 0.3) is 0 Å². The van der Waals surface area contributed by atoms with Crippen LogP contribution in [0.2, 0.25) is 0 Å². The van der Waals surface area contributed by atoms with E-state index in [1.54, 1.807) is 6.26 Å². The number of carbonyl (C=O) groups is 2. The molecule has 1 unspecified atom stereocenters. The smallest absolute Gasteiger partial charge is 0.234 e. The Hall–Kier alpha value is -2.82. The first-order valence-electron chi connectivity index (χ1n) is 11.6. The molecule has 1 atom stereocenters. The summed E-state index contributed by atoms with van der Waals surface area (Å²) in [6, 6.07) is 10.2. The number of fused-ring (bicyclic) bond motifs is 2. The van der Waals surface area contributed by atoms with Crippen molar-refractivity contribution in [2.45, 2.75) is 63.7 Å². The van der Waals surface area contributed by atoms with Crippen molar-refractivity contribution in [1.82, 2.24) is 5.32 Å². The predicted octanol–water partition coefficient (Wildman–Crippen LogP) is 5.85. The Bertz CT molecular complexity index is 1110. The van der Waals surface area contributed by atoms with Gasteiger partial charge in [-0.3, -0.25) is 14.9 Å². The fourth-order valence-corrected chi connectivity index (χ4v) is 5.16. The van der Waals surface area contributed by atoms with Gasteiger partial charge in [0.1, 0.15) is 11.3 Å². The lowest BCUT2D eigenvalue weighted by molar-refractivity contribution is -0.134. The van der Waals surface area contributed by atoms with E-state index in [-0.39, 0.29) is 17.7 Å². The second-order valence-electron chi connectivity index (χ2n) is 9.05. The van der Waals surface area contributed by atoms with Crippen molar-refractivity contribution < 1.29 is 18.7 Å². The molecule has 2 aromatic carbocycles. The van der Waals surface area contributed by atoms with Crippen molar-refractivity contribution in [2.75, 3.05) is 6.61 Å². The van der Waals surface area contributed by atoms with Crippen LogP contribution >= 0.6 is 0 Å². The average molecular weight is 420 g/mol. The molecule has 0 radical (unpaired) electrons. The van der Waals surface area contributed by atoms with Crippen LogP contribution in [0.15, 0.2) is 41.0 Å². The third-order valence-corrected chi connectivity index (χ3v) is 6.90. The molecule has 1 aromatic heterocycles. The number of hydrogen-bond acceptors (Lipinski definition) is 4. The Kier molecular flexibility index (Phi) is 5.66. The molecule has 1 N–H and O–H groups in total. The first kappa shape index (κ1) is 20.1. The summed E-state index contributed by atoms with van der Waals surface area (Å²) in [7, 11) is 0. The van der Waals surface area contributed by atoms with Gasteiger partial charge in [-0.1, -0.05) is 38.2 Å². The third kappa shape index (κ3) is 4.32. The van der Waals surface area contributed by atoms with Crippen LogP contribution in [-0.4, -0.2) is 18.4 Å². The summed E-state index contributed by atoms with van der Waals surface area (Å²) in [6.45, 7) is 0.748. The number of hydrogen-bond donors (Lipinski definition) is 1. The van der Waals surface area contributed by atoms with Gasteiger partial charge in [0, 0.05) is 17.4 Å². The lowest BCUT2D eigenvalue weighted by Crippen LogP contribution is -2.39. The Balaban J connectivity index is 1.31. The number of piperidine rings is 1. The molecule has 1 aliphatic heterocycles. The Morgan fingerprint density at radius 3 is 2.71 bits per heavy atom. The minimum absolute atomic E-state index is 0.204. The molecule has 31 heavy (non-hydrogen) atoms.